The van der Waals surface area contributed by atoms with Crippen LogP contribution in [0.5, 0.6) is 0 Å². The van der Waals surface area contributed by atoms with Crippen molar-refractivity contribution in [3.63, 3.8) is 0 Å². The van der Waals surface area contributed by atoms with Gasteiger partial charge in [-0.2, -0.15) is 0 Å². The third-order valence-electron chi connectivity index (χ3n) is 10.2. The highest BCUT2D eigenvalue weighted by atomic mass is 16.1. The van der Waals surface area contributed by atoms with Crippen molar-refractivity contribution in [2.45, 2.75) is 96.3 Å². The summed E-state index contributed by atoms with van der Waals surface area (Å²) >= 11 is 0. The summed E-state index contributed by atoms with van der Waals surface area (Å²) in [6.45, 7) is 7.15. The van der Waals surface area contributed by atoms with E-state index < -0.39 is 0 Å². The number of aldehydes is 1. The molecule has 0 unspecified atom stereocenters. The summed E-state index contributed by atoms with van der Waals surface area (Å²) in [6, 6.07) is 19.3. The quantitative estimate of drug-likeness (QED) is 0.334. The summed E-state index contributed by atoms with van der Waals surface area (Å²) in [6.07, 6.45) is 13.7. The fourth-order valence-corrected chi connectivity index (χ4v) is 8.09. The molecule has 36 heavy (non-hydrogen) atoms. The molecule has 0 aliphatic heterocycles. The van der Waals surface area contributed by atoms with E-state index in [1.807, 2.05) is 0 Å². The van der Waals surface area contributed by atoms with Gasteiger partial charge in [0.25, 0.3) is 0 Å². The van der Waals surface area contributed by atoms with Crippen LogP contribution in [-0.4, -0.2) is 6.29 Å². The Labute approximate surface area is 217 Å². The zero-order chi connectivity index (χ0) is 24.9. The smallest absolute Gasteiger partial charge is 0.123 e. The largest absolute Gasteiger partial charge is 0.303 e. The first-order valence-corrected chi connectivity index (χ1v) is 14.7. The molecule has 0 radical (unpaired) electrons. The molecule has 6 rings (SSSR count). The van der Waals surface area contributed by atoms with E-state index in [2.05, 4.69) is 69.3 Å². The topological polar surface area (TPSA) is 17.1 Å². The van der Waals surface area contributed by atoms with Crippen LogP contribution in [0, 0.1) is 17.8 Å². The Kier molecular flexibility index (Phi) is 6.30. The Morgan fingerprint density at radius 1 is 0.806 bits per heavy atom. The van der Waals surface area contributed by atoms with Crippen LogP contribution in [0.2, 0.25) is 0 Å². The highest BCUT2D eigenvalue weighted by Crippen LogP contribution is 2.51. The minimum atomic E-state index is 0.0110. The zero-order valence-corrected chi connectivity index (χ0v) is 22.5. The van der Waals surface area contributed by atoms with E-state index in [1.165, 1.54) is 89.8 Å². The van der Waals surface area contributed by atoms with Gasteiger partial charge in [-0.05, 0) is 120 Å². The number of fused-ring (bicyclic) bond motifs is 2. The molecule has 0 atom stereocenters. The van der Waals surface area contributed by atoms with Gasteiger partial charge >= 0.3 is 0 Å². The Morgan fingerprint density at radius 3 is 2.19 bits per heavy atom. The summed E-state index contributed by atoms with van der Waals surface area (Å²) in [4.78, 5) is 11.2. The third-order valence-corrected chi connectivity index (χ3v) is 10.2. The van der Waals surface area contributed by atoms with Gasteiger partial charge < -0.3 is 4.79 Å². The van der Waals surface area contributed by atoms with Gasteiger partial charge in [-0.25, -0.2) is 0 Å². The molecule has 2 fully saturated rings. The highest BCUT2D eigenvalue weighted by Gasteiger charge is 2.35. The van der Waals surface area contributed by atoms with Crippen molar-refractivity contribution in [2.75, 3.05) is 0 Å². The van der Waals surface area contributed by atoms with E-state index in [-0.39, 0.29) is 5.41 Å². The van der Waals surface area contributed by atoms with Gasteiger partial charge in [0.1, 0.15) is 6.29 Å². The second kappa shape index (κ2) is 9.47. The Bertz CT molecular complexity index is 1270. The van der Waals surface area contributed by atoms with Gasteiger partial charge in [0.2, 0.25) is 0 Å². The maximum Gasteiger partial charge on any atom is 0.123 e. The maximum absolute atomic E-state index is 11.2. The number of hydrogen-bond donors (Lipinski definition) is 0. The molecule has 2 saturated carbocycles. The lowest BCUT2D eigenvalue weighted by Gasteiger charge is -2.38. The molecule has 0 bridgehead atoms. The van der Waals surface area contributed by atoms with Crippen LogP contribution in [0.1, 0.15) is 107 Å². The molecule has 1 nitrogen and oxygen atoms in total. The van der Waals surface area contributed by atoms with E-state index in [0.29, 0.717) is 11.8 Å². The SMILES string of the molecule is CCCc1ccc2c3c(cccc13)C(C)(C)c1cc(C3CCC(C4CCC(C=O)CC4)CC3)ccc1-2. The molecule has 0 saturated heterocycles. The molecule has 0 aromatic heterocycles. The predicted molar refractivity (Wildman–Crippen MR) is 152 cm³/mol. The molecule has 0 N–H and O–H groups in total. The lowest BCUT2D eigenvalue weighted by atomic mass is 9.66. The molecule has 0 heterocycles. The summed E-state index contributed by atoms with van der Waals surface area (Å²) in [5.41, 5.74) is 8.93. The standard InChI is InChI=1S/C35H42O/c1-4-6-27-17-20-31-30-19-18-28(21-33(30)35(2,3)32-8-5-7-29(27)34(31)32)26-15-13-25(14-16-26)24-11-9-23(22-36)10-12-24/h5,7-8,17-26H,4,6,9-16H2,1-3H3. The molecule has 1 heteroatoms. The Morgan fingerprint density at radius 2 is 1.50 bits per heavy atom. The van der Waals surface area contributed by atoms with Gasteiger partial charge in [-0.1, -0.05) is 75.7 Å². The monoisotopic (exact) mass is 478 g/mol. The fraction of sp³-hybridized carbons (Fsp3) is 0.514. The van der Waals surface area contributed by atoms with Crippen LogP contribution >= 0.6 is 0 Å². The van der Waals surface area contributed by atoms with E-state index in [9.17, 15) is 4.79 Å². The van der Waals surface area contributed by atoms with E-state index in [1.54, 1.807) is 5.56 Å². The van der Waals surface area contributed by atoms with Crippen LogP contribution in [-0.2, 0) is 16.6 Å². The van der Waals surface area contributed by atoms with Gasteiger partial charge in [-0.3, -0.25) is 0 Å². The van der Waals surface area contributed by atoms with Crippen molar-refractivity contribution >= 4 is 17.1 Å². The third kappa shape index (κ3) is 3.94. The highest BCUT2D eigenvalue weighted by molar-refractivity contribution is 6.04. The number of rotatable bonds is 5. The van der Waals surface area contributed by atoms with Crippen molar-refractivity contribution in [1.82, 2.24) is 0 Å². The summed E-state index contributed by atoms with van der Waals surface area (Å²) < 4.78 is 0. The maximum atomic E-state index is 11.2. The molecule has 0 spiro atoms. The van der Waals surface area contributed by atoms with Crippen LogP contribution in [0.25, 0.3) is 21.9 Å². The number of aryl methyl sites for hydroxylation is 1. The van der Waals surface area contributed by atoms with E-state index in [4.69, 9.17) is 0 Å². The van der Waals surface area contributed by atoms with Crippen molar-refractivity contribution in [2.24, 2.45) is 17.8 Å². The molecule has 0 amide bonds. The first-order chi connectivity index (χ1) is 17.5. The molecule has 3 aliphatic carbocycles. The van der Waals surface area contributed by atoms with Crippen molar-refractivity contribution in [3.8, 4) is 11.1 Å². The molecule has 188 valence electrons. The molecule has 3 aromatic rings. The van der Waals surface area contributed by atoms with Gasteiger partial charge in [0, 0.05) is 11.3 Å². The number of carbonyl (C=O) groups is 1. The van der Waals surface area contributed by atoms with Gasteiger partial charge in [-0.15, -0.1) is 0 Å². The molecule has 3 aromatic carbocycles. The Hall–Kier alpha value is -2.41. The lowest BCUT2D eigenvalue weighted by molar-refractivity contribution is -0.112. The first-order valence-electron chi connectivity index (χ1n) is 14.7. The van der Waals surface area contributed by atoms with Gasteiger partial charge in [0.15, 0.2) is 0 Å². The Balaban J connectivity index is 1.28. The van der Waals surface area contributed by atoms with Crippen LogP contribution < -0.4 is 0 Å². The summed E-state index contributed by atoms with van der Waals surface area (Å²) in [5, 5.41) is 2.94. The summed E-state index contributed by atoms with van der Waals surface area (Å²) in [5.74, 6) is 2.77. The van der Waals surface area contributed by atoms with E-state index in [0.717, 1.165) is 31.1 Å². The first kappa shape index (κ1) is 24.0. The number of hydrogen-bond acceptors (Lipinski definition) is 1. The zero-order valence-electron chi connectivity index (χ0n) is 22.5. The molecular weight excluding hydrogens is 436 g/mol. The fourth-order valence-electron chi connectivity index (χ4n) is 8.09. The minimum Gasteiger partial charge on any atom is -0.303 e. The normalized spacial score (nSPS) is 27.0. The average molecular weight is 479 g/mol. The minimum absolute atomic E-state index is 0.0110. The van der Waals surface area contributed by atoms with Crippen molar-refractivity contribution in [3.05, 3.63) is 70.8 Å². The second-order valence-corrected chi connectivity index (χ2v) is 12.6. The molecular formula is C35H42O. The van der Waals surface area contributed by atoms with Crippen LogP contribution in [0.4, 0.5) is 0 Å². The summed E-state index contributed by atoms with van der Waals surface area (Å²) in [7, 11) is 0. The number of carbonyl (C=O) groups excluding carboxylic acids is 1. The average Bonchev–Trinajstić information content (AvgIpc) is 2.92. The van der Waals surface area contributed by atoms with Crippen molar-refractivity contribution < 1.29 is 4.79 Å². The van der Waals surface area contributed by atoms with Crippen LogP contribution in [0.3, 0.4) is 0 Å². The molecule has 3 aliphatic rings. The lowest BCUT2D eigenvalue weighted by Crippen LogP contribution is -2.26. The van der Waals surface area contributed by atoms with E-state index >= 15 is 0 Å². The second-order valence-electron chi connectivity index (χ2n) is 12.6. The number of benzene rings is 3. The van der Waals surface area contributed by atoms with Crippen molar-refractivity contribution in [1.29, 1.82) is 0 Å². The van der Waals surface area contributed by atoms with Gasteiger partial charge in [0.05, 0.1) is 0 Å². The van der Waals surface area contributed by atoms with Crippen LogP contribution in [0.15, 0.2) is 48.5 Å². The predicted octanol–water partition coefficient (Wildman–Crippen LogP) is 9.38.